The largest absolute Gasteiger partial charge is 0.380 e. The van der Waals surface area contributed by atoms with Crippen molar-refractivity contribution in [3.63, 3.8) is 0 Å². The van der Waals surface area contributed by atoms with Gasteiger partial charge in [0.05, 0.1) is 6.10 Å². The monoisotopic (exact) mass is 239 g/mol. The van der Waals surface area contributed by atoms with Crippen LogP contribution in [0.5, 0.6) is 0 Å². The molecule has 0 aromatic rings. The lowest BCUT2D eigenvalue weighted by atomic mass is 9.72. The predicted molar refractivity (Wildman–Crippen MR) is 72.2 cm³/mol. The van der Waals surface area contributed by atoms with E-state index >= 15 is 0 Å². The molecule has 0 amide bonds. The molecule has 17 heavy (non-hydrogen) atoms. The standard InChI is InChI=1S/C15H29NO/c1-3-16-14(12-10-7-11-12)15(17-2)13-8-5-4-6-9-13/h12-16H,3-11H2,1-2H3. The molecule has 2 atom stereocenters. The summed E-state index contributed by atoms with van der Waals surface area (Å²) in [6, 6.07) is 0.613. The average molecular weight is 239 g/mol. The SMILES string of the molecule is CCNC(C1CCC1)C(OC)C1CCCCC1. The lowest BCUT2D eigenvalue weighted by Crippen LogP contribution is -2.51. The molecule has 100 valence electrons. The van der Waals surface area contributed by atoms with E-state index in [2.05, 4.69) is 12.2 Å². The Hall–Kier alpha value is -0.0800. The number of rotatable bonds is 6. The minimum Gasteiger partial charge on any atom is -0.380 e. The molecule has 0 radical (unpaired) electrons. The molecule has 2 aliphatic carbocycles. The Morgan fingerprint density at radius 2 is 1.65 bits per heavy atom. The molecule has 2 unspecified atom stereocenters. The zero-order chi connectivity index (χ0) is 12.1. The van der Waals surface area contributed by atoms with Crippen molar-refractivity contribution in [3.05, 3.63) is 0 Å². The third-order valence-electron chi connectivity index (χ3n) is 4.84. The summed E-state index contributed by atoms with van der Waals surface area (Å²) in [4.78, 5) is 0. The minimum absolute atomic E-state index is 0.459. The molecule has 2 fully saturated rings. The van der Waals surface area contributed by atoms with Gasteiger partial charge in [0.15, 0.2) is 0 Å². The average Bonchev–Trinajstić information content (AvgIpc) is 2.29. The second-order valence-electron chi connectivity index (χ2n) is 5.87. The molecule has 0 bridgehead atoms. The fourth-order valence-corrected chi connectivity index (χ4v) is 3.68. The maximum Gasteiger partial charge on any atom is 0.0755 e. The molecule has 2 aliphatic rings. The van der Waals surface area contributed by atoms with Crippen molar-refractivity contribution in [1.82, 2.24) is 5.32 Å². The van der Waals surface area contributed by atoms with E-state index in [0.29, 0.717) is 12.1 Å². The van der Waals surface area contributed by atoms with Gasteiger partial charge in [-0.15, -0.1) is 0 Å². The quantitative estimate of drug-likeness (QED) is 0.767. The van der Waals surface area contributed by atoms with Crippen molar-refractivity contribution in [1.29, 1.82) is 0 Å². The van der Waals surface area contributed by atoms with E-state index in [-0.39, 0.29) is 0 Å². The molecule has 2 heteroatoms. The third-order valence-corrected chi connectivity index (χ3v) is 4.84. The van der Waals surface area contributed by atoms with Crippen molar-refractivity contribution in [2.75, 3.05) is 13.7 Å². The molecule has 0 aromatic carbocycles. The summed E-state index contributed by atoms with van der Waals surface area (Å²) in [5.41, 5.74) is 0. The normalized spacial score (nSPS) is 26.5. The van der Waals surface area contributed by atoms with Gasteiger partial charge in [-0.05, 0) is 44.1 Å². The van der Waals surface area contributed by atoms with Gasteiger partial charge >= 0.3 is 0 Å². The molecule has 2 saturated carbocycles. The van der Waals surface area contributed by atoms with Gasteiger partial charge in [0.25, 0.3) is 0 Å². The predicted octanol–water partition coefficient (Wildman–Crippen LogP) is 3.36. The highest BCUT2D eigenvalue weighted by Gasteiger charge is 2.37. The summed E-state index contributed by atoms with van der Waals surface area (Å²) in [6.45, 7) is 3.30. The van der Waals surface area contributed by atoms with Crippen LogP contribution in [-0.2, 0) is 4.74 Å². The van der Waals surface area contributed by atoms with Gasteiger partial charge in [0, 0.05) is 13.2 Å². The number of ether oxygens (including phenoxy) is 1. The lowest BCUT2D eigenvalue weighted by molar-refractivity contribution is -0.0190. The second-order valence-corrected chi connectivity index (χ2v) is 5.87. The zero-order valence-corrected chi connectivity index (χ0v) is 11.6. The highest BCUT2D eigenvalue weighted by Crippen LogP contribution is 2.37. The Morgan fingerprint density at radius 3 is 2.12 bits per heavy atom. The van der Waals surface area contributed by atoms with Crippen molar-refractivity contribution in [2.24, 2.45) is 11.8 Å². The van der Waals surface area contributed by atoms with Crippen LogP contribution in [0.3, 0.4) is 0 Å². The number of likely N-dealkylation sites (N-methyl/N-ethyl adjacent to an activating group) is 1. The number of hydrogen-bond donors (Lipinski definition) is 1. The Kier molecular flexibility index (Phi) is 5.30. The molecule has 2 rings (SSSR count). The van der Waals surface area contributed by atoms with Crippen LogP contribution in [0.4, 0.5) is 0 Å². The first kappa shape index (κ1) is 13.4. The van der Waals surface area contributed by atoms with E-state index in [0.717, 1.165) is 18.4 Å². The third kappa shape index (κ3) is 3.23. The molecule has 0 aromatic heterocycles. The summed E-state index contributed by atoms with van der Waals surface area (Å²) >= 11 is 0. The van der Waals surface area contributed by atoms with Crippen LogP contribution >= 0.6 is 0 Å². The smallest absolute Gasteiger partial charge is 0.0755 e. The first-order valence-corrected chi connectivity index (χ1v) is 7.63. The van der Waals surface area contributed by atoms with Crippen LogP contribution in [0, 0.1) is 11.8 Å². The highest BCUT2D eigenvalue weighted by molar-refractivity contribution is 4.92. The molecule has 0 heterocycles. The van der Waals surface area contributed by atoms with Gasteiger partial charge in [0.2, 0.25) is 0 Å². The van der Waals surface area contributed by atoms with Crippen molar-refractivity contribution < 1.29 is 4.74 Å². The van der Waals surface area contributed by atoms with Crippen LogP contribution in [0.25, 0.3) is 0 Å². The first-order valence-electron chi connectivity index (χ1n) is 7.63. The fraction of sp³-hybridized carbons (Fsp3) is 1.00. The minimum atomic E-state index is 0.459. The molecule has 0 spiro atoms. The van der Waals surface area contributed by atoms with E-state index in [1.807, 2.05) is 7.11 Å². The number of hydrogen-bond acceptors (Lipinski definition) is 2. The van der Waals surface area contributed by atoms with E-state index in [4.69, 9.17) is 4.74 Å². The van der Waals surface area contributed by atoms with Crippen LogP contribution in [-0.4, -0.2) is 25.8 Å². The molecular weight excluding hydrogens is 210 g/mol. The summed E-state index contributed by atoms with van der Waals surface area (Å²) in [6.07, 6.45) is 11.7. The topological polar surface area (TPSA) is 21.3 Å². The van der Waals surface area contributed by atoms with Gasteiger partial charge in [0.1, 0.15) is 0 Å². The van der Waals surface area contributed by atoms with E-state index in [1.165, 1.54) is 51.4 Å². The maximum atomic E-state index is 5.90. The highest BCUT2D eigenvalue weighted by atomic mass is 16.5. The molecule has 2 nitrogen and oxygen atoms in total. The molecule has 0 aliphatic heterocycles. The zero-order valence-electron chi connectivity index (χ0n) is 11.6. The Balaban J connectivity index is 1.96. The van der Waals surface area contributed by atoms with Gasteiger partial charge in [-0.25, -0.2) is 0 Å². The van der Waals surface area contributed by atoms with Crippen molar-refractivity contribution in [3.8, 4) is 0 Å². The summed E-state index contributed by atoms with van der Waals surface area (Å²) < 4.78 is 5.90. The molecule has 1 N–H and O–H groups in total. The fourth-order valence-electron chi connectivity index (χ4n) is 3.68. The van der Waals surface area contributed by atoms with Gasteiger partial charge in [-0.2, -0.15) is 0 Å². The summed E-state index contributed by atoms with van der Waals surface area (Å²) in [7, 11) is 1.92. The Labute approximate surface area is 107 Å². The maximum absolute atomic E-state index is 5.90. The van der Waals surface area contributed by atoms with Gasteiger partial charge in [-0.1, -0.05) is 32.6 Å². The van der Waals surface area contributed by atoms with Gasteiger partial charge < -0.3 is 10.1 Å². The molecule has 0 saturated heterocycles. The number of methoxy groups -OCH3 is 1. The van der Waals surface area contributed by atoms with E-state index in [9.17, 15) is 0 Å². The Morgan fingerprint density at radius 1 is 1.00 bits per heavy atom. The Bertz CT molecular complexity index is 209. The van der Waals surface area contributed by atoms with Crippen molar-refractivity contribution >= 4 is 0 Å². The van der Waals surface area contributed by atoms with E-state index < -0.39 is 0 Å². The summed E-state index contributed by atoms with van der Waals surface area (Å²) in [5, 5.41) is 3.71. The van der Waals surface area contributed by atoms with E-state index in [1.54, 1.807) is 0 Å². The van der Waals surface area contributed by atoms with Crippen LogP contribution < -0.4 is 5.32 Å². The van der Waals surface area contributed by atoms with Crippen LogP contribution in [0.15, 0.2) is 0 Å². The first-order chi connectivity index (χ1) is 8.36. The van der Waals surface area contributed by atoms with Gasteiger partial charge in [-0.3, -0.25) is 0 Å². The lowest BCUT2D eigenvalue weighted by Gasteiger charge is -2.42. The van der Waals surface area contributed by atoms with Crippen molar-refractivity contribution in [2.45, 2.75) is 70.4 Å². The van der Waals surface area contributed by atoms with Crippen LogP contribution in [0.2, 0.25) is 0 Å². The molecular formula is C15H29NO. The second kappa shape index (κ2) is 6.75. The van der Waals surface area contributed by atoms with Crippen LogP contribution in [0.1, 0.15) is 58.3 Å². The summed E-state index contributed by atoms with van der Waals surface area (Å²) in [5.74, 6) is 1.68. The number of nitrogens with one attached hydrogen (secondary N) is 1.